The van der Waals surface area contributed by atoms with Crippen LogP contribution in [0.1, 0.15) is 36.9 Å². The van der Waals surface area contributed by atoms with Gasteiger partial charge in [-0.1, -0.05) is 36.4 Å². The van der Waals surface area contributed by atoms with E-state index >= 15 is 0 Å². The number of nitro benzene ring substituents is 1. The van der Waals surface area contributed by atoms with E-state index in [9.17, 15) is 34.0 Å². The number of carboxylic acids is 1. The first-order chi connectivity index (χ1) is 14.7. The van der Waals surface area contributed by atoms with E-state index < -0.39 is 34.3 Å². The van der Waals surface area contributed by atoms with Crippen molar-refractivity contribution in [3.05, 3.63) is 75.6 Å². The summed E-state index contributed by atoms with van der Waals surface area (Å²) in [6, 6.07) is 10.6. The largest absolute Gasteiger partial charge is 0.480 e. The van der Waals surface area contributed by atoms with Crippen LogP contribution in [0.5, 0.6) is 0 Å². The van der Waals surface area contributed by atoms with Crippen molar-refractivity contribution in [3.8, 4) is 0 Å². The third-order valence-corrected chi connectivity index (χ3v) is 4.54. The van der Waals surface area contributed by atoms with E-state index in [1.165, 1.54) is 6.07 Å². The summed E-state index contributed by atoms with van der Waals surface area (Å²) in [5.41, 5.74) is 0.298. The Morgan fingerprint density at radius 2 is 1.68 bits per heavy atom. The molecule has 0 radical (unpaired) electrons. The van der Waals surface area contributed by atoms with Crippen LogP contribution in [0.25, 0.3) is 0 Å². The fraction of sp³-hybridized carbons (Fsp3) is 0.286. The number of nitrogens with zero attached hydrogens (tertiary/aromatic N) is 1. The van der Waals surface area contributed by atoms with Crippen LogP contribution >= 0.6 is 0 Å². The van der Waals surface area contributed by atoms with Crippen molar-refractivity contribution < 1.29 is 28.8 Å². The summed E-state index contributed by atoms with van der Waals surface area (Å²) in [6.07, 6.45) is -0.655. The average molecular weight is 431 g/mol. The molecule has 9 nitrogen and oxygen atoms in total. The number of amides is 2. The SMILES string of the molecule is C[C@@H](NC(=O)CCC(=O)N[C@@H](Cc1ccc(F)c([N+](=O)[O-])c1)C(=O)O)c1ccccc1. The lowest BCUT2D eigenvalue weighted by Crippen LogP contribution is -2.42. The van der Waals surface area contributed by atoms with Crippen molar-refractivity contribution >= 4 is 23.5 Å². The average Bonchev–Trinajstić information content (AvgIpc) is 2.73. The first-order valence-corrected chi connectivity index (χ1v) is 9.46. The molecule has 0 saturated carbocycles. The lowest BCUT2D eigenvalue weighted by Gasteiger charge is -2.16. The normalized spacial score (nSPS) is 12.5. The molecule has 0 unspecified atom stereocenters. The first kappa shape index (κ1) is 23.5. The Morgan fingerprint density at radius 3 is 2.26 bits per heavy atom. The predicted octanol–water partition coefficient (Wildman–Crippen LogP) is 2.50. The summed E-state index contributed by atoms with van der Waals surface area (Å²) in [5, 5.41) is 25.2. The van der Waals surface area contributed by atoms with Gasteiger partial charge in [0.25, 0.3) is 0 Å². The molecule has 164 valence electrons. The highest BCUT2D eigenvalue weighted by Crippen LogP contribution is 2.19. The summed E-state index contributed by atoms with van der Waals surface area (Å²) < 4.78 is 13.4. The minimum absolute atomic E-state index is 0.142. The summed E-state index contributed by atoms with van der Waals surface area (Å²) in [4.78, 5) is 45.6. The van der Waals surface area contributed by atoms with E-state index in [1.54, 1.807) is 6.92 Å². The Morgan fingerprint density at radius 1 is 1.06 bits per heavy atom. The van der Waals surface area contributed by atoms with Crippen molar-refractivity contribution in [1.29, 1.82) is 0 Å². The first-order valence-electron chi connectivity index (χ1n) is 9.46. The van der Waals surface area contributed by atoms with Gasteiger partial charge in [0, 0.05) is 25.3 Å². The maximum Gasteiger partial charge on any atom is 0.326 e. The Kier molecular flexibility index (Phi) is 8.18. The molecule has 3 N–H and O–H groups in total. The van der Waals surface area contributed by atoms with Crippen molar-refractivity contribution in [2.75, 3.05) is 0 Å². The van der Waals surface area contributed by atoms with Gasteiger partial charge in [0.2, 0.25) is 17.6 Å². The zero-order valence-electron chi connectivity index (χ0n) is 16.7. The van der Waals surface area contributed by atoms with Crippen LogP contribution in [0, 0.1) is 15.9 Å². The Bertz CT molecular complexity index is 967. The van der Waals surface area contributed by atoms with Gasteiger partial charge in [-0.05, 0) is 24.1 Å². The third-order valence-electron chi connectivity index (χ3n) is 4.54. The number of benzene rings is 2. The molecule has 0 aliphatic carbocycles. The van der Waals surface area contributed by atoms with E-state index in [4.69, 9.17) is 0 Å². The van der Waals surface area contributed by atoms with Crippen molar-refractivity contribution in [1.82, 2.24) is 10.6 Å². The van der Waals surface area contributed by atoms with E-state index in [0.717, 1.165) is 17.7 Å². The van der Waals surface area contributed by atoms with Gasteiger partial charge in [0.1, 0.15) is 6.04 Å². The second-order valence-electron chi connectivity index (χ2n) is 6.91. The summed E-state index contributed by atoms with van der Waals surface area (Å²) in [6.45, 7) is 1.80. The standard InChI is InChI=1S/C21H22FN3O6/c1-13(15-5-3-2-4-6-15)23-19(26)9-10-20(27)24-17(21(28)29)11-14-7-8-16(22)18(12-14)25(30)31/h2-8,12-13,17H,9-11H2,1H3,(H,23,26)(H,24,27)(H,28,29)/t13-,17+/m1/s1. The number of carboxylic acid groups (broad SMARTS) is 1. The van der Waals surface area contributed by atoms with Gasteiger partial charge in [-0.15, -0.1) is 0 Å². The molecule has 31 heavy (non-hydrogen) atoms. The zero-order valence-corrected chi connectivity index (χ0v) is 16.7. The molecule has 0 spiro atoms. The van der Waals surface area contributed by atoms with Crippen LogP contribution in [0.4, 0.5) is 10.1 Å². The topological polar surface area (TPSA) is 139 Å². The maximum atomic E-state index is 13.4. The fourth-order valence-electron chi connectivity index (χ4n) is 2.89. The molecule has 2 aromatic rings. The van der Waals surface area contributed by atoms with Gasteiger partial charge in [0.05, 0.1) is 11.0 Å². The van der Waals surface area contributed by atoms with Gasteiger partial charge in [0.15, 0.2) is 0 Å². The molecule has 0 aliphatic heterocycles. The van der Waals surface area contributed by atoms with E-state index in [-0.39, 0.29) is 36.8 Å². The highest BCUT2D eigenvalue weighted by Gasteiger charge is 2.23. The van der Waals surface area contributed by atoms with E-state index in [0.29, 0.717) is 0 Å². The van der Waals surface area contributed by atoms with Crippen molar-refractivity contribution in [3.63, 3.8) is 0 Å². The second-order valence-corrected chi connectivity index (χ2v) is 6.91. The van der Waals surface area contributed by atoms with Crippen LogP contribution in [-0.4, -0.2) is 33.9 Å². The lowest BCUT2D eigenvalue weighted by molar-refractivity contribution is -0.387. The number of hydrogen-bond donors (Lipinski definition) is 3. The number of carbonyl (C=O) groups is 3. The number of nitro groups is 1. The fourth-order valence-corrected chi connectivity index (χ4v) is 2.89. The maximum absolute atomic E-state index is 13.4. The van der Waals surface area contributed by atoms with Gasteiger partial charge in [-0.25, -0.2) is 4.79 Å². The van der Waals surface area contributed by atoms with Gasteiger partial charge in [-0.3, -0.25) is 19.7 Å². The molecule has 0 heterocycles. The molecule has 0 fully saturated rings. The lowest BCUT2D eigenvalue weighted by atomic mass is 10.0. The van der Waals surface area contributed by atoms with Crippen molar-refractivity contribution in [2.45, 2.75) is 38.3 Å². The molecular weight excluding hydrogens is 409 g/mol. The molecular formula is C21H22FN3O6. The molecule has 0 bridgehead atoms. The Labute approximate surface area is 177 Å². The number of halogens is 1. The van der Waals surface area contributed by atoms with Crippen LogP contribution in [-0.2, 0) is 20.8 Å². The number of hydrogen-bond acceptors (Lipinski definition) is 5. The van der Waals surface area contributed by atoms with Crippen LogP contribution in [0.3, 0.4) is 0 Å². The number of aliphatic carboxylic acids is 1. The number of rotatable bonds is 10. The summed E-state index contributed by atoms with van der Waals surface area (Å²) in [7, 11) is 0. The molecule has 0 aromatic heterocycles. The van der Waals surface area contributed by atoms with Gasteiger partial charge in [-0.2, -0.15) is 4.39 Å². The van der Waals surface area contributed by atoms with Gasteiger partial charge >= 0.3 is 11.7 Å². The monoisotopic (exact) mass is 431 g/mol. The Balaban J connectivity index is 1.89. The predicted molar refractivity (Wildman–Crippen MR) is 109 cm³/mol. The minimum atomic E-state index is -1.39. The van der Waals surface area contributed by atoms with Crippen molar-refractivity contribution in [2.24, 2.45) is 0 Å². The summed E-state index contributed by atoms with van der Waals surface area (Å²) >= 11 is 0. The van der Waals surface area contributed by atoms with E-state index in [1.807, 2.05) is 30.3 Å². The molecule has 2 aromatic carbocycles. The molecule has 0 saturated heterocycles. The number of carbonyl (C=O) groups excluding carboxylic acids is 2. The summed E-state index contributed by atoms with van der Waals surface area (Å²) in [5.74, 6) is -3.43. The number of nitrogens with one attached hydrogen (secondary N) is 2. The Hall–Kier alpha value is -3.82. The van der Waals surface area contributed by atoms with Crippen LogP contribution in [0.2, 0.25) is 0 Å². The minimum Gasteiger partial charge on any atom is -0.480 e. The zero-order chi connectivity index (χ0) is 23.0. The molecule has 2 atom stereocenters. The van der Waals surface area contributed by atoms with Gasteiger partial charge < -0.3 is 15.7 Å². The molecule has 2 rings (SSSR count). The third kappa shape index (κ3) is 7.18. The van der Waals surface area contributed by atoms with E-state index in [2.05, 4.69) is 10.6 Å². The molecule has 0 aliphatic rings. The second kappa shape index (κ2) is 10.8. The molecule has 10 heteroatoms. The highest BCUT2D eigenvalue weighted by atomic mass is 19.1. The van der Waals surface area contributed by atoms with Crippen LogP contribution < -0.4 is 10.6 Å². The molecule has 2 amide bonds. The van der Waals surface area contributed by atoms with Crippen LogP contribution in [0.15, 0.2) is 48.5 Å². The quantitative estimate of drug-likeness (QED) is 0.390. The highest BCUT2D eigenvalue weighted by molar-refractivity contribution is 5.87. The smallest absolute Gasteiger partial charge is 0.326 e.